The third-order valence-corrected chi connectivity index (χ3v) is 5.69. The van der Waals surface area contributed by atoms with Crippen molar-refractivity contribution in [1.29, 1.82) is 0 Å². The van der Waals surface area contributed by atoms with E-state index in [1.54, 1.807) is 0 Å². The van der Waals surface area contributed by atoms with Crippen LogP contribution in [0.1, 0.15) is 31.2 Å². The fraction of sp³-hybridized carbons (Fsp3) is 0.391. The molecule has 0 bridgehead atoms. The van der Waals surface area contributed by atoms with Gasteiger partial charge in [-0.1, -0.05) is 30.3 Å². The summed E-state index contributed by atoms with van der Waals surface area (Å²) in [5.41, 5.74) is 4.24. The maximum atomic E-state index is 12.8. The monoisotopic (exact) mass is 376 g/mol. The van der Waals surface area contributed by atoms with E-state index >= 15 is 0 Å². The van der Waals surface area contributed by atoms with Crippen LogP contribution in [0.3, 0.4) is 0 Å². The van der Waals surface area contributed by atoms with Gasteiger partial charge in [0.25, 0.3) is 0 Å². The Labute approximate surface area is 166 Å². The number of imidazole rings is 1. The van der Waals surface area contributed by atoms with Crippen molar-refractivity contribution in [2.45, 2.75) is 39.8 Å². The highest BCUT2D eigenvalue weighted by atomic mass is 16.1. The van der Waals surface area contributed by atoms with Gasteiger partial charge in [0, 0.05) is 18.8 Å². The molecular weight excluding hydrogens is 348 g/mol. The van der Waals surface area contributed by atoms with Crippen LogP contribution in [0.2, 0.25) is 0 Å². The molecule has 28 heavy (non-hydrogen) atoms. The number of aromatic nitrogens is 2. The Morgan fingerprint density at radius 3 is 2.79 bits per heavy atom. The van der Waals surface area contributed by atoms with Crippen molar-refractivity contribution >= 4 is 22.6 Å². The lowest BCUT2D eigenvalue weighted by Crippen LogP contribution is -2.40. The molecule has 5 heteroatoms. The second kappa shape index (κ2) is 8.15. The van der Waals surface area contributed by atoms with Crippen LogP contribution >= 0.6 is 0 Å². The largest absolute Gasteiger partial charge is 0.327 e. The van der Waals surface area contributed by atoms with Crippen LogP contribution in [0.15, 0.2) is 48.5 Å². The van der Waals surface area contributed by atoms with Gasteiger partial charge in [0.05, 0.1) is 23.5 Å². The number of benzene rings is 2. The number of hydrogen-bond donors (Lipinski definition) is 1. The van der Waals surface area contributed by atoms with E-state index in [1.165, 1.54) is 5.52 Å². The third kappa shape index (κ3) is 3.80. The van der Waals surface area contributed by atoms with Crippen molar-refractivity contribution in [3.05, 3.63) is 59.9 Å². The molecule has 0 saturated carbocycles. The fourth-order valence-electron chi connectivity index (χ4n) is 4.16. The second-order valence-electron chi connectivity index (χ2n) is 7.64. The zero-order valence-electron chi connectivity index (χ0n) is 16.7. The highest BCUT2D eigenvalue weighted by Crippen LogP contribution is 2.23. The number of piperidine rings is 1. The molecule has 1 saturated heterocycles. The normalized spacial score (nSPS) is 17.7. The summed E-state index contributed by atoms with van der Waals surface area (Å²) in [5.74, 6) is 1.24. The summed E-state index contributed by atoms with van der Waals surface area (Å²) in [7, 11) is 0. The van der Waals surface area contributed by atoms with Crippen LogP contribution in [-0.4, -0.2) is 33.4 Å². The van der Waals surface area contributed by atoms with Crippen molar-refractivity contribution in [2.75, 3.05) is 18.4 Å². The number of likely N-dealkylation sites (tertiary alicyclic amines) is 1. The lowest BCUT2D eigenvalue weighted by molar-refractivity contribution is -0.121. The van der Waals surface area contributed by atoms with Crippen molar-refractivity contribution in [2.24, 2.45) is 5.92 Å². The Morgan fingerprint density at radius 2 is 1.96 bits per heavy atom. The van der Waals surface area contributed by atoms with E-state index in [0.29, 0.717) is 0 Å². The lowest BCUT2D eigenvalue weighted by atomic mass is 9.97. The second-order valence-corrected chi connectivity index (χ2v) is 7.64. The molecule has 1 atom stereocenters. The Morgan fingerprint density at radius 1 is 1.18 bits per heavy atom. The molecule has 1 aromatic heterocycles. The SMILES string of the molecule is CCn1c(CN2CCC[C@@H](C(=O)Nc3ccccc3C)C2)nc2ccccc21. The number of carbonyl (C=O) groups is 1. The van der Waals surface area contributed by atoms with E-state index in [4.69, 9.17) is 4.98 Å². The van der Waals surface area contributed by atoms with E-state index in [-0.39, 0.29) is 11.8 Å². The highest BCUT2D eigenvalue weighted by molar-refractivity contribution is 5.93. The van der Waals surface area contributed by atoms with Crippen LogP contribution in [0.5, 0.6) is 0 Å². The van der Waals surface area contributed by atoms with Crippen molar-refractivity contribution in [3.63, 3.8) is 0 Å². The first-order chi connectivity index (χ1) is 13.7. The standard InChI is InChI=1S/C23H28N4O/c1-3-27-21-13-7-6-12-20(21)24-22(27)16-26-14-8-10-18(15-26)23(28)25-19-11-5-4-9-17(19)2/h4-7,9,11-13,18H,3,8,10,14-16H2,1-2H3,(H,25,28)/t18-/m1/s1. The predicted molar refractivity (Wildman–Crippen MR) is 113 cm³/mol. The van der Waals surface area contributed by atoms with Crippen LogP contribution in [0.25, 0.3) is 11.0 Å². The summed E-state index contributed by atoms with van der Waals surface area (Å²) < 4.78 is 2.28. The number of amides is 1. The van der Waals surface area contributed by atoms with Crippen molar-refractivity contribution < 1.29 is 4.79 Å². The maximum Gasteiger partial charge on any atom is 0.228 e. The predicted octanol–water partition coefficient (Wildman–Crippen LogP) is 4.22. The Balaban J connectivity index is 1.46. The van der Waals surface area contributed by atoms with E-state index in [0.717, 1.165) is 61.6 Å². The molecule has 1 fully saturated rings. The number of nitrogens with one attached hydrogen (secondary N) is 1. The summed E-state index contributed by atoms with van der Waals surface area (Å²) in [6, 6.07) is 16.2. The molecule has 1 aliphatic rings. The molecule has 0 radical (unpaired) electrons. The molecule has 0 unspecified atom stereocenters. The summed E-state index contributed by atoms with van der Waals surface area (Å²) in [5, 5.41) is 3.12. The van der Waals surface area contributed by atoms with E-state index in [2.05, 4.69) is 39.9 Å². The van der Waals surface area contributed by atoms with Gasteiger partial charge in [0.2, 0.25) is 5.91 Å². The first-order valence-electron chi connectivity index (χ1n) is 10.2. The molecule has 2 heterocycles. The minimum atomic E-state index is 0.0211. The number of rotatable bonds is 5. The average Bonchev–Trinajstić information content (AvgIpc) is 3.06. The quantitative estimate of drug-likeness (QED) is 0.725. The number of anilines is 1. The Bertz CT molecular complexity index is 978. The van der Waals surface area contributed by atoms with Gasteiger partial charge >= 0.3 is 0 Å². The van der Waals surface area contributed by atoms with Gasteiger partial charge in [0.15, 0.2) is 0 Å². The lowest BCUT2D eigenvalue weighted by Gasteiger charge is -2.31. The molecule has 146 valence electrons. The number of fused-ring (bicyclic) bond motifs is 1. The van der Waals surface area contributed by atoms with Gasteiger partial charge in [-0.25, -0.2) is 4.98 Å². The van der Waals surface area contributed by atoms with Crippen LogP contribution in [0, 0.1) is 12.8 Å². The van der Waals surface area contributed by atoms with Gasteiger partial charge in [0.1, 0.15) is 5.82 Å². The van der Waals surface area contributed by atoms with Crippen LogP contribution in [-0.2, 0) is 17.9 Å². The van der Waals surface area contributed by atoms with Gasteiger partial charge in [-0.2, -0.15) is 0 Å². The van der Waals surface area contributed by atoms with Gasteiger partial charge in [-0.3, -0.25) is 9.69 Å². The van der Waals surface area contributed by atoms with E-state index < -0.39 is 0 Å². The highest BCUT2D eigenvalue weighted by Gasteiger charge is 2.27. The first kappa shape index (κ1) is 18.7. The molecule has 3 aromatic rings. The maximum absolute atomic E-state index is 12.8. The average molecular weight is 377 g/mol. The zero-order chi connectivity index (χ0) is 19.5. The summed E-state index contributed by atoms with van der Waals surface area (Å²) in [6.07, 6.45) is 1.98. The summed E-state index contributed by atoms with van der Waals surface area (Å²) >= 11 is 0. The fourth-order valence-corrected chi connectivity index (χ4v) is 4.16. The molecule has 4 rings (SSSR count). The molecule has 1 aliphatic heterocycles. The molecule has 5 nitrogen and oxygen atoms in total. The van der Waals surface area contributed by atoms with Crippen LogP contribution < -0.4 is 5.32 Å². The summed E-state index contributed by atoms with van der Waals surface area (Å²) in [6.45, 7) is 7.67. The minimum absolute atomic E-state index is 0.0211. The Hall–Kier alpha value is -2.66. The van der Waals surface area contributed by atoms with Gasteiger partial charge in [-0.15, -0.1) is 0 Å². The van der Waals surface area contributed by atoms with E-state index in [9.17, 15) is 4.79 Å². The minimum Gasteiger partial charge on any atom is -0.327 e. The van der Waals surface area contributed by atoms with Gasteiger partial charge in [-0.05, 0) is 57.0 Å². The zero-order valence-corrected chi connectivity index (χ0v) is 16.7. The number of carbonyl (C=O) groups excluding carboxylic acids is 1. The summed E-state index contributed by atoms with van der Waals surface area (Å²) in [4.78, 5) is 20.0. The molecule has 2 aromatic carbocycles. The number of hydrogen-bond acceptors (Lipinski definition) is 3. The first-order valence-corrected chi connectivity index (χ1v) is 10.2. The van der Waals surface area contributed by atoms with Crippen molar-refractivity contribution in [3.8, 4) is 0 Å². The van der Waals surface area contributed by atoms with Crippen molar-refractivity contribution in [1.82, 2.24) is 14.5 Å². The number of nitrogens with zero attached hydrogens (tertiary/aromatic N) is 3. The van der Waals surface area contributed by atoms with E-state index in [1.807, 2.05) is 37.3 Å². The molecule has 0 spiro atoms. The number of aryl methyl sites for hydroxylation is 2. The van der Waals surface area contributed by atoms with Crippen LogP contribution in [0.4, 0.5) is 5.69 Å². The third-order valence-electron chi connectivity index (χ3n) is 5.69. The smallest absolute Gasteiger partial charge is 0.228 e. The molecule has 1 amide bonds. The topological polar surface area (TPSA) is 50.2 Å². The molecular formula is C23H28N4O. The molecule has 1 N–H and O–H groups in total. The number of para-hydroxylation sites is 3. The van der Waals surface area contributed by atoms with Gasteiger partial charge < -0.3 is 9.88 Å². The molecule has 0 aliphatic carbocycles. The Kier molecular flexibility index (Phi) is 5.44.